The van der Waals surface area contributed by atoms with Gasteiger partial charge in [-0.2, -0.15) is 0 Å². The number of aliphatic imine (C=N–C) groups is 1. The lowest BCUT2D eigenvalue weighted by molar-refractivity contribution is -0.114. The van der Waals surface area contributed by atoms with Crippen LogP contribution in [0.25, 0.3) is 10.4 Å². The first kappa shape index (κ1) is 25.0. The average molecular weight is 470 g/mol. The van der Waals surface area contributed by atoms with Crippen molar-refractivity contribution in [2.45, 2.75) is 19.8 Å². The fraction of sp³-hybridized carbons (Fsp3) is 0.136. The van der Waals surface area contributed by atoms with E-state index < -0.39 is 12.2 Å². The van der Waals surface area contributed by atoms with Crippen molar-refractivity contribution in [3.05, 3.63) is 65.9 Å². The lowest BCUT2D eigenvalue weighted by atomic mass is 10.1. The molecule has 3 rings (SSSR count). The van der Waals surface area contributed by atoms with Crippen LogP contribution in [0, 0.1) is 0 Å². The Bertz CT molecular complexity index is 1110. The number of nitrogens with two attached hydrogens (primary N) is 1. The molecule has 0 aliphatic heterocycles. The van der Waals surface area contributed by atoms with Crippen molar-refractivity contribution in [3.8, 4) is 10.4 Å². The summed E-state index contributed by atoms with van der Waals surface area (Å²) in [7, 11) is 0. The SMILES string of the molecule is CC(=O)Nc1nc(CCc2ccc(N=CNC(=O)O)cc2)c(-c2ccccc2)s1.NC(=O)O. The molecule has 1 aromatic heterocycles. The number of carbonyl (C=O) groups is 3. The zero-order valence-corrected chi connectivity index (χ0v) is 18.5. The lowest BCUT2D eigenvalue weighted by Crippen LogP contribution is -2.17. The maximum Gasteiger partial charge on any atom is 0.409 e. The van der Waals surface area contributed by atoms with Crippen molar-refractivity contribution in [1.29, 1.82) is 0 Å². The second kappa shape index (κ2) is 12.6. The maximum absolute atomic E-state index is 11.4. The lowest BCUT2D eigenvalue weighted by Gasteiger charge is -2.04. The van der Waals surface area contributed by atoms with Crippen LogP contribution in [-0.2, 0) is 17.6 Å². The number of amides is 3. The summed E-state index contributed by atoms with van der Waals surface area (Å²) in [6, 6.07) is 17.6. The van der Waals surface area contributed by atoms with E-state index in [1.165, 1.54) is 18.3 Å². The van der Waals surface area contributed by atoms with E-state index in [-0.39, 0.29) is 5.91 Å². The van der Waals surface area contributed by atoms with E-state index in [1.54, 1.807) is 0 Å². The van der Waals surface area contributed by atoms with Crippen molar-refractivity contribution < 1.29 is 24.6 Å². The number of aromatic nitrogens is 1. The van der Waals surface area contributed by atoms with Gasteiger partial charge in [-0.05, 0) is 36.1 Å². The standard InChI is InChI=1S/C21H20N4O3S.CH3NO2/c1-14(26)24-20-25-18(19(29-20)16-5-3-2-4-6-16)12-9-15-7-10-17(11-8-15)22-13-23-21(27)28;2-1(3)4/h2-8,10-11,13H,9,12H2,1H3,(H,22,23)(H,27,28)(H,24,25,26);2H2,(H,3,4). The van der Waals surface area contributed by atoms with Crippen LogP contribution in [0.15, 0.2) is 59.6 Å². The van der Waals surface area contributed by atoms with Crippen LogP contribution in [0.2, 0.25) is 0 Å². The predicted octanol–water partition coefficient (Wildman–Crippen LogP) is 4.10. The molecule has 1 heterocycles. The van der Waals surface area contributed by atoms with Crippen molar-refractivity contribution in [3.63, 3.8) is 0 Å². The highest BCUT2D eigenvalue weighted by atomic mass is 32.1. The van der Waals surface area contributed by atoms with Gasteiger partial charge in [0.25, 0.3) is 0 Å². The molecule has 10 nitrogen and oxygen atoms in total. The predicted molar refractivity (Wildman–Crippen MR) is 127 cm³/mol. The van der Waals surface area contributed by atoms with Gasteiger partial charge in [0.1, 0.15) is 0 Å². The van der Waals surface area contributed by atoms with Crippen LogP contribution < -0.4 is 16.4 Å². The van der Waals surface area contributed by atoms with Crippen LogP contribution in [-0.4, -0.2) is 39.6 Å². The molecule has 2 aromatic carbocycles. The first-order valence-corrected chi connectivity index (χ1v) is 10.5. The van der Waals surface area contributed by atoms with Gasteiger partial charge in [0.05, 0.1) is 22.6 Å². The van der Waals surface area contributed by atoms with E-state index in [0.717, 1.165) is 40.9 Å². The largest absolute Gasteiger partial charge is 0.465 e. The van der Waals surface area contributed by atoms with Gasteiger partial charge in [-0.25, -0.2) is 19.6 Å². The third kappa shape index (κ3) is 9.19. The van der Waals surface area contributed by atoms with Gasteiger partial charge in [0, 0.05) is 6.92 Å². The van der Waals surface area contributed by atoms with E-state index in [0.29, 0.717) is 10.8 Å². The summed E-state index contributed by atoms with van der Waals surface area (Å²) in [6.07, 6.45) is 0.160. The molecule has 0 radical (unpaired) electrons. The number of rotatable bonds is 7. The second-order valence-corrected chi connectivity index (χ2v) is 7.55. The number of nitrogens with zero attached hydrogens (tertiary/aromatic N) is 2. The minimum Gasteiger partial charge on any atom is -0.465 e. The first-order valence-electron chi connectivity index (χ1n) is 9.66. The molecule has 0 bridgehead atoms. The Morgan fingerprint density at radius 2 is 1.70 bits per heavy atom. The molecule has 0 unspecified atom stereocenters. The molecule has 0 saturated carbocycles. The Kier molecular flexibility index (Phi) is 9.53. The fourth-order valence-electron chi connectivity index (χ4n) is 2.71. The second-order valence-electron chi connectivity index (χ2n) is 6.55. The van der Waals surface area contributed by atoms with Gasteiger partial charge in [-0.3, -0.25) is 10.1 Å². The zero-order chi connectivity index (χ0) is 24.2. The van der Waals surface area contributed by atoms with Crippen molar-refractivity contribution >= 4 is 46.6 Å². The van der Waals surface area contributed by atoms with E-state index in [9.17, 15) is 9.59 Å². The van der Waals surface area contributed by atoms with Crippen molar-refractivity contribution in [2.24, 2.45) is 10.7 Å². The number of aryl methyl sites for hydroxylation is 2. The normalized spacial score (nSPS) is 10.2. The topological polar surface area (TPSA) is 167 Å². The summed E-state index contributed by atoms with van der Waals surface area (Å²) in [5, 5.41) is 21.2. The number of hydrogen-bond acceptors (Lipinski definition) is 6. The molecule has 0 aliphatic rings. The number of primary amides is 1. The van der Waals surface area contributed by atoms with Gasteiger partial charge in [0.2, 0.25) is 5.91 Å². The number of benzene rings is 2. The molecule has 6 N–H and O–H groups in total. The molecule has 172 valence electrons. The highest BCUT2D eigenvalue weighted by molar-refractivity contribution is 7.19. The van der Waals surface area contributed by atoms with Crippen molar-refractivity contribution in [1.82, 2.24) is 10.3 Å². The molecule has 0 fully saturated rings. The Hall–Kier alpha value is -4.25. The van der Waals surface area contributed by atoms with E-state index >= 15 is 0 Å². The summed E-state index contributed by atoms with van der Waals surface area (Å²) in [6.45, 7) is 1.47. The van der Waals surface area contributed by atoms with Gasteiger partial charge < -0.3 is 21.3 Å². The molecule has 3 amide bonds. The summed E-state index contributed by atoms with van der Waals surface area (Å²) in [5.74, 6) is -0.140. The summed E-state index contributed by atoms with van der Waals surface area (Å²) >= 11 is 1.47. The van der Waals surface area contributed by atoms with Crippen LogP contribution in [0.3, 0.4) is 0 Å². The molecule has 33 heavy (non-hydrogen) atoms. The Labute approximate surface area is 193 Å². The molecule has 0 atom stereocenters. The van der Waals surface area contributed by atoms with Crippen molar-refractivity contribution in [2.75, 3.05) is 5.32 Å². The minimum atomic E-state index is -1.33. The molecule has 0 saturated heterocycles. The van der Waals surface area contributed by atoms with Gasteiger partial charge >= 0.3 is 12.2 Å². The quantitative estimate of drug-likeness (QED) is 0.258. The summed E-state index contributed by atoms with van der Waals surface area (Å²) < 4.78 is 0. The molecular weight excluding hydrogens is 446 g/mol. The fourth-order valence-corrected chi connectivity index (χ4v) is 3.78. The highest BCUT2D eigenvalue weighted by Crippen LogP contribution is 2.33. The highest BCUT2D eigenvalue weighted by Gasteiger charge is 2.14. The number of anilines is 1. The molecular formula is C22H23N5O5S. The van der Waals surface area contributed by atoms with E-state index in [2.05, 4.69) is 26.3 Å². The Morgan fingerprint density at radius 1 is 1.06 bits per heavy atom. The maximum atomic E-state index is 11.4. The minimum absolute atomic E-state index is 0.140. The van der Waals surface area contributed by atoms with Crippen LogP contribution in [0.4, 0.5) is 20.4 Å². The number of carboxylic acid groups (broad SMARTS) is 2. The number of nitrogens with one attached hydrogen (secondary N) is 2. The summed E-state index contributed by atoms with van der Waals surface area (Å²) in [5.41, 5.74) is 7.82. The van der Waals surface area contributed by atoms with Crippen LogP contribution in [0.5, 0.6) is 0 Å². The summed E-state index contributed by atoms with van der Waals surface area (Å²) in [4.78, 5) is 40.3. The zero-order valence-electron chi connectivity index (χ0n) is 17.7. The number of thiazole rings is 1. The Morgan fingerprint density at radius 3 is 2.27 bits per heavy atom. The third-order valence-corrected chi connectivity index (χ3v) is 5.07. The molecule has 0 aliphatic carbocycles. The third-order valence-electron chi connectivity index (χ3n) is 4.00. The average Bonchev–Trinajstić information content (AvgIpc) is 3.15. The van der Waals surface area contributed by atoms with E-state index in [4.69, 9.17) is 15.0 Å². The number of carbonyl (C=O) groups excluding carboxylic acids is 1. The van der Waals surface area contributed by atoms with Gasteiger partial charge in [0.15, 0.2) is 5.13 Å². The van der Waals surface area contributed by atoms with Crippen LogP contribution in [0.1, 0.15) is 18.2 Å². The number of hydrogen-bond donors (Lipinski definition) is 5. The van der Waals surface area contributed by atoms with Crippen LogP contribution >= 0.6 is 11.3 Å². The van der Waals surface area contributed by atoms with Gasteiger partial charge in [-0.15, -0.1) is 0 Å². The molecule has 0 spiro atoms. The Balaban J connectivity index is 0.000000890. The molecule has 3 aromatic rings. The monoisotopic (exact) mass is 469 g/mol. The smallest absolute Gasteiger partial charge is 0.409 e. The molecule has 11 heteroatoms. The first-order chi connectivity index (χ1) is 15.7. The van der Waals surface area contributed by atoms with E-state index in [1.807, 2.05) is 54.6 Å². The van der Waals surface area contributed by atoms with Gasteiger partial charge in [-0.1, -0.05) is 53.8 Å².